The molecule has 4 nitrogen and oxygen atoms in total. The molecule has 5 heteroatoms. The molecule has 0 saturated heterocycles. The Morgan fingerprint density at radius 2 is 2.19 bits per heavy atom. The molecule has 3 N–H and O–H groups in total. The van der Waals surface area contributed by atoms with Gasteiger partial charge >= 0.3 is 0 Å². The third kappa shape index (κ3) is 2.25. The molecule has 2 rings (SSSR count). The van der Waals surface area contributed by atoms with Gasteiger partial charge in [0.15, 0.2) is 5.13 Å². The van der Waals surface area contributed by atoms with Crippen LogP contribution in [0.5, 0.6) is 5.75 Å². The summed E-state index contributed by atoms with van der Waals surface area (Å²) < 4.78 is 0. The smallest absolute Gasteiger partial charge is 0.189 e. The first-order valence-corrected chi connectivity index (χ1v) is 5.72. The van der Waals surface area contributed by atoms with E-state index in [2.05, 4.69) is 15.6 Å². The number of phenolic OH excluding ortho intramolecular Hbond substituents is 1. The van der Waals surface area contributed by atoms with Crippen molar-refractivity contribution >= 4 is 27.2 Å². The fraction of sp³-hybridized carbons (Fsp3) is 0.182. The van der Waals surface area contributed by atoms with Gasteiger partial charge < -0.3 is 15.7 Å². The summed E-state index contributed by atoms with van der Waals surface area (Å²) in [6, 6.07) is 6.97. The summed E-state index contributed by atoms with van der Waals surface area (Å²) in [6.45, 7) is 1.95. The number of hydrogen-bond donors (Lipinski definition) is 3. The van der Waals surface area contributed by atoms with Crippen molar-refractivity contribution in [2.75, 3.05) is 17.7 Å². The van der Waals surface area contributed by atoms with E-state index in [0.29, 0.717) is 0 Å². The largest absolute Gasteiger partial charge is 0.508 e. The molecule has 0 aliphatic carbocycles. The van der Waals surface area contributed by atoms with Crippen molar-refractivity contribution in [1.29, 1.82) is 0 Å². The van der Waals surface area contributed by atoms with Gasteiger partial charge in [0.2, 0.25) is 0 Å². The first-order valence-electron chi connectivity index (χ1n) is 4.90. The Kier molecular flexibility index (Phi) is 2.96. The molecule has 84 valence electrons. The molecule has 0 fully saturated rings. The van der Waals surface area contributed by atoms with Crippen LogP contribution in [-0.2, 0) is 0 Å². The Morgan fingerprint density at radius 3 is 2.81 bits per heavy atom. The van der Waals surface area contributed by atoms with E-state index in [0.717, 1.165) is 21.5 Å². The molecule has 0 aliphatic heterocycles. The van der Waals surface area contributed by atoms with E-state index in [1.165, 1.54) is 0 Å². The molecule has 0 unspecified atom stereocenters. The molecular formula is C11H13N3OS. The number of phenols is 1. The molecule has 16 heavy (non-hydrogen) atoms. The van der Waals surface area contributed by atoms with Crippen molar-refractivity contribution in [3.05, 3.63) is 30.0 Å². The predicted octanol–water partition coefficient (Wildman–Crippen LogP) is 2.94. The molecule has 1 aromatic carbocycles. The number of aryl methyl sites for hydroxylation is 1. The highest BCUT2D eigenvalue weighted by Crippen LogP contribution is 2.30. The molecule has 0 atom stereocenters. The van der Waals surface area contributed by atoms with Crippen molar-refractivity contribution in [2.45, 2.75) is 6.92 Å². The average molecular weight is 235 g/mol. The van der Waals surface area contributed by atoms with Gasteiger partial charge in [-0.25, -0.2) is 4.98 Å². The summed E-state index contributed by atoms with van der Waals surface area (Å²) in [7, 11) is 1.87. The first-order chi connectivity index (χ1) is 7.69. The van der Waals surface area contributed by atoms with Crippen LogP contribution in [0.25, 0.3) is 0 Å². The fourth-order valence-corrected chi connectivity index (χ4v) is 2.23. The second-order valence-electron chi connectivity index (χ2n) is 3.36. The molecule has 1 aromatic heterocycles. The summed E-state index contributed by atoms with van der Waals surface area (Å²) in [6.07, 6.45) is 0. The Labute approximate surface area is 98.0 Å². The lowest BCUT2D eigenvalue weighted by atomic mass is 10.3. The van der Waals surface area contributed by atoms with Crippen LogP contribution in [0.3, 0.4) is 0 Å². The standard InChI is InChI=1S/C11H13N3OS/c1-7-10(12-2)16-11(13-7)14-8-4-3-5-9(15)6-8/h3-6,12,15H,1-2H3,(H,13,14). The van der Waals surface area contributed by atoms with E-state index in [1.54, 1.807) is 29.5 Å². The summed E-state index contributed by atoms with van der Waals surface area (Å²) in [4.78, 5) is 4.37. The molecule has 0 aliphatic rings. The summed E-state index contributed by atoms with van der Waals surface area (Å²) in [5.41, 5.74) is 1.80. The number of hydrogen-bond acceptors (Lipinski definition) is 5. The van der Waals surface area contributed by atoms with Gasteiger partial charge in [-0.05, 0) is 19.1 Å². The Morgan fingerprint density at radius 1 is 1.38 bits per heavy atom. The van der Waals surface area contributed by atoms with Crippen LogP contribution in [0, 0.1) is 6.92 Å². The zero-order chi connectivity index (χ0) is 11.5. The molecule has 2 aromatic rings. The van der Waals surface area contributed by atoms with E-state index < -0.39 is 0 Å². The molecule has 0 amide bonds. The number of rotatable bonds is 3. The highest BCUT2D eigenvalue weighted by Gasteiger charge is 2.05. The van der Waals surface area contributed by atoms with Gasteiger partial charge in [-0.3, -0.25) is 0 Å². The number of aromatic nitrogens is 1. The Hall–Kier alpha value is -1.75. The van der Waals surface area contributed by atoms with Gasteiger partial charge in [-0.15, -0.1) is 0 Å². The molecule has 0 spiro atoms. The summed E-state index contributed by atoms with van der Waals surface area (Å²) in [5, 5.41) is 17.4. The van der Waals surface area contributed by atoms with Crippen molar-refractivity contribution in [2.24, 2.45) is 0 Å². The molecule has 0 radical (unpaired) electrons. The van der Waals surface area contributed by atoms with Gasteiger partial charge in [-0.2, -0.15) is 0 Å². The first kappa shape index (κ1) is 10.8. The summed E-state index contributed by atoms with van der Waals surface area (Å²) >= 11 is 1.55. The van der Waals surface area contributed by atoms with Crippen LogP contribution in [-0.4, -0.2) is 17.1 Å². The van der Waals surface area contributed by atoms with E-state index in [1.807, 2.05) is 20.0 Å². The van der Waals surface area contributed by atoms with Gasteiger partial charge in [-0.1, -0.05) is 17.4 Å². The van der Waals surface area contributed by atoms with Crippen LogP contribution in [0.1, 0.15) is 5.69 Å². The van der Waals surface area contributed by atoms with Crippen molar-refractivity contribution in [3.63, 3.8) is 0 Å². The molecule has 1 heterocycles. The number of aromatic hydroxyl groups is 1. The van der Waals surface area contributed by atoms with Crippen LogP contribution in [0.2, 0.25) is 0 Å². The molecular weight excluding hydrogens is 222 g/mol. The van der Waals surface area contributed by atoms with Crippen LogP contribution >= 0.6 is 11.3 Å². The number of anilines is 3. The maximum Gasteiger partial charge on any atom is 0.189 e. The molecule has 0 bridgehead atoms. The third-order valence-electron chi connectivity index (χ3n) is 2.12. The predicted molar refractivity (Wildman–Crippen MR) is 67.8 cm³/mol. The fourth-order valence-electron chi connectivity index (χ4n) is 1.39. The van der Waals surface area contributed by atoms with Gasteiger partial charge in [0.05, 0.1) is 5.69 Å². The monoisotopic (exact) mass is 235 g/mol. The maximum atomic E-state index is 9.33. The van der Waals surface area contributed by atoms with E-state index >= 15 is 0 Å². The Balaban J connectivity index is 2.20. The van der Waals surface area contributed by atoms with Crippen LogP contribution < -0.4 is 10.6 Å². The van der Waals surface area contributed by atoms with E-state index in [9.17, 15) is 5.11 Å². The minimum Gasteiger partial charge on any atom is -0.508 e. The minimum absolute atomic E-state index is 0.243. The zero-order valence-electron chi connectivity index (χ0n) is 9.11. The molecule has 0 saturated carbocycles. The van der Waals surface area contributed by atoms with Crippen molar-refractivity contribution in [1.82, 2.24) is 4.98 Å². The number of nitrogens with zero attached hydrogens (tertiary/aromatic N) is 1. The van der Waals surface area contributed by atoms with Crippen LogP contribution in [0.4, 0.5) is 15.8 Å². The van der Waals surface area contributed by atoms with E-state index in [4.69, 9.17) is 0 Å². The number of nitrogens with one attached hydrogen (secondary N) is 2. The Bertz CT molecular complexity index is 496. The lowest BCUT2D eigenvalue weighted by Gasteiger charge is -2.01. The zero-order valence-corrected chi connectivity index (χ0v) is 9.93. The minimum atomic E-state index is 0.243. The maximum absolute atomic E-state index is 9.33. The third-order valence-corrected chi connectivity index (χ3v) is 3.21. The lowest BCUT2D eigenvalue weighted by molar-refractivity contribution is 0.475. The van der Waals surface area contributed by atoms with Gasteiger partial charge in [0, 0.05) is 18.8 Å². The van der Waals surface area contributed by atoms with Crippen molar-refractivity contribution in [3.8, 4) is 5.75 Å². The van der Waals surface area contributed by atoms with Gasteiger partial charge in [0.1, 0.15) is 10.8 Å². The SMILES string of the molecule is CNc1sc(Nc2cccc(O)c2)nc1C. The lowest BCUT2D eigenvalue weighted by Crippen LogP contribution is -1.88. The number of thiazole rings is 1. The number of benzene rings is 1. The normalized spacial score (nSPS) is 10.1. The summed E-state index contributed by atoms with van der Waals surface area (Å²) in [5.74, 6) is 0.243. The topological polar surface area (TPSA) is 57.2 Å². The second kappa shape index (κ2) is 4.40. The quantitative estimate of drug-likeness (QED) is 0.765. The highest BCUT2D eigenvalue weighted by atomic mass is 32.1. The van der Waals surface area contributed by atoms with Crippen molar-refractivity contribution < 1.29 is 5.11 Å². The van der Waals surface area contributed by atoms with Crippen LogP contribution in [0.15, 0.2) is 24.3 Å². The second-order valence-corrected chi connectivity index (χ2v) is 4.36. The van der Waals surface area contributed by atoms with Gasteiger partial charge in [0.25, 0.3) is 0 Å². The van der Waals surface area contributed by atoms with E-state index in [-0.39, 0.29) is 5.75 Å². The highest BCUT2D eigenvalue weighted by molar-refractivity contribution is 7.19. The average Bonchev–Trinajstić information content (AvgIpc) is 2.58.